The van der Waals surface area contributed by atoms with Crippen LogP contribution in [0.2, 0.25) is 0 Å². The molecule has 0 aliphatic carbocycles. The van der Waals surface area contributed by atoms with E-state index in [1.807, 2.05) is 6.92 Å². The second-order valence-electron chi connectivity index (χ2n) is 2.09. The van der Waals surface area contributed by atoms with Gasteiger partial charge in [0.25, 0.3) is 5.91 Å². The zero-order valence-corrected chi connectivity index (χ0v) is 6.13. The number of hydrogen-bond donors (Lipinski definition) is 1. The number of rotatable bonds is 1. The van der Waals surface area contributed by atoms with E-state index in [0.29, 0.717) is 5.57 Å². The number of carbonyl (C=O) groups is 2. The first-order valence-electron chi connectivity index (χ1n) is 3.33. The van der Waals surface area contributed by atoms with E-state index in [9.17, 15) is 9.59 Å². The number of allylic oxidation sites excluding steroid dienone is 1. The standard InChI is InChI=1S/C7H8N2O2/c1-2-3-5-4-8-7(11)9-6(5)10/h3-4H,2H2,1H3,(H,9,10,11). The molecule has 1 N–H and O–H groups in total. The lowest BCUT2D eigenvalue weighted by molar-refractivity contribution is -0.116. The van der Waals surface area contributed by atoms with Crippen molar-refractivity contribution in [2.75, 3.05) is 0 Å². The van der Waals surface area contributed by atoms with E-state index in [1.54, 1.807) is 6.08 Å². The Morgan fingerprint density at radius 1 is 1.64 bits per heavy atom. The maximum absolute atomic E-state index is 10.9. The maximum Gasteiger partial charge on any atom is 0.347 e. The summed E-state index contributed by atoms with van der Waals surface area (Å²) >= 11 is 0. The minimum Gasteiger partial charge on any atom is -0.272 e. The molecule has 0 fully saturated rings. The van der Waals surface area contributed by atoms with Gasteiger partial charge >= 0.3 is 6.03 Å². The fourth-order valence-electron chi connectivity index (χ4n) is 0.754. The summed E-state index contributed by atoms with van der Waals surface area (Å²) in [4.78, 5) is 24.8. The fraction of sp³-hybridized carbons (Fsp3) is 0.286. The third-order valence-corrected chi connectivity index (χ3v) is 1.23. The Labute approximate surface area is 64.0 Å². The van der Waals surface area contributed by atoms with Gasteiger partial charge in [-0.15, -0.1) is 0 Å². The highest BCUT2D eigenvalue weighted by Gasteiger charge is 2.14. The minimum atomic E-state index is -0.594. The molecule has 0 saturated heterocycles. The van der Waals surface area contributed by atoms with Gasteiger partial charge in [-0.25, -0.2) is 9.79 Å². The summed E-state index contributed by atoms with van der Waals surface area (Å²) in [6.45, 7) is 1.91. The van der Waals surface area contributed by atoms with Crippen molar-refractivity contribution in [2.45, 2.75) is 13.3 Å². The summed E-state index contributed by atoms with van der Waals surface area (Å²) in [5, 5.41) is 2.07. The van der Waals surface area contributed by atoms with Gasteiger partial charge in [0.2, 0.25) is 0 Å². The first-order valence-corrected chi connectivity index (χ1v) is 3.33. The van der Waals surface area contributed by atoms with Gasteiger partial charge < -0.3 is 0 Å². The molecule has 0 unspecified atom stereocenters. The van der Waals surface area contributed by atoms with E-state index in [1.165, 1.54) is 6.21 Å². The molecule has 0 saturated carbocycles. The highest BCUT2D eigenvalue weighted by Crippen LogP contribution is 1.98. The van der Waals surface area contributed by atoms with Crippen LogP contribution in [0.25, 0.3) is 0 Å². The summed E-state index contributed by atoms with van der Waals surface area (Å²) in [5.74, 6) is -0.369. The van der Waals surface area contributed by atoms with E-state index in [4.69, 9.17) is 0 Å². The van der Waals surface area contributed by atoms with Crippen LogP contribution in [0.1, 0.15) is 13.3 Å². The first-order chi connectivity index (χ1) is 5.24. The molecule has 1 heterocycles. The molecule has 0 aromatic carbocycles. The molecule has 58 valence electrons. The summed E-state index contributed by atoms with van der Waals surface area (Å²) in [6.07, 6.45) is 3.75. The van der Waals surface area contributed by atoms with E-state index in [0.717, 1.165) is 6.42 Å². The van der Waals surface area contributed by atoms with Crippen LogP contribution in [0, 0.1) is 0 Å². The lowest BCUT2D eigenvalue weighted by Gasteiger charge is -2.05. The molecular weight excluding hydrogens is 144 g/mol. The number of amides is 3. The van der Waals surface area contributed by atoms with Gasteiger partial charge in [0.05, 0.1) is 5.57 Å². The molecule has 1 aliphatic heterocycles. The van der Waals surface area contributed by atoms with Crippen molar-refractivity contribution in [3.8, 4) is 0 Å². The van der Waals surface area contributed by atoms with Crippen molar-refractivity contribution in [2.24, 2.45) is 4.99 Å². The SMILES string of the molecule is CCC=C1C=NC(=O)NC1=O. The molecule has 1 aliphatic rings. The van der Waals surface area contributed by atoms with Gasteiger partial charge in [0, 0.05) is 6.21 Å². The normalized spacial score (nSPS) is 20.6. The van der Waals surface area contributed by atoms with E-state index in [2.05, 4.69) is 10.3 Å². The second-order valence-corrected chi connectivity index (χ2v) is 2.09. The van der Waals surface area contributed by atoms with Crippen LogP contribution in [-0.2, 0) is 4.79 Å². The van der Waals surface area contributed by atoms with Gasteiger partial charge in [-0.05, 0) is 6.42 Å². The first kappa shape index (κ1) is 7.65. The number of hydrogen-bond acceptors (Lipinski definition) is 2. The lowest BCUT2D eigenvalue weighted by atomic mass is 10.2. The monoisotopic (exact) mass is 152 g/mol. The molecule has 0 aromatic rings. The second kappa shape index (κ2) is 3.09. The van der Waals surface area contributed by atoms with Gasteiger partial charge in [0.15, 0.2) is 0 Å². The molecule has 3 amide bonds. The predicted octanol–water partition coefficient (Wildman–Crippen LogP) is 0.643. The number of nitrogens with one attached hydrogen (secondary N) is 1. The van der Waals surface area contributed by atoms with Crippen molar-refractivity contribution >= 4 is 18.2 Å². The van der Waals surface area contributed by atoms with Gasteiger partial charge in [-0.3, -0.25) is 10.1 Å². The fourth-order valence-corrected chi connectivity index (χ4v) is 0.754. The zero-order chi connectivity index (χ0) is 8.27. The Hall–Kier alpha value is -1.45. The average Bonchev–Trinajstić information content (AvgIpc) is 1.95. The number of aliphatic imine (C=N–C) groups is 1. The molecular formula is C7H8N2O2. The van der Waals surface area contributed by atoms with Crippen molar-refractivity contribution in [3.05, 3.63) is 11.6 Å². The van der Waals surface area contributed by atoms with Gasteiger partial charge in [0.1, 0.15) is 0 Å². The van der Waals surface area contributed by atoms with Crippen LogP contribution < -0.4 is 5.32 Å². The minimum absolute atomic E-state index is 0.369. The zero-order valence-electron chi connectivity index (χ0n) is 6.13. The average molecular weight is 152 g/mol. The van der Waals surface area contributed by atoms with E-state index < -0.39 is 6.03 Å². The highest BCUT2D eigenvalue weighted by molar-refractivity contribution is 6.21. The Bertz CT molecular complexity index is 253. The molecule has 4 nitrogen and oxygen atoms in total. The van der Waals surface area contributed by atoms with Crippen LogP contribution in [0.5, 0.6) is 0 Å². The Kier molecular flexibility index (Phi) is 2.15. The summed E-state index contributed by atoms with van der Waals surface area (Å²) in [6, 6.07) is -0.594. The molecule has 4 heteroatoms. The van der Waals surface area contributed by atoms with Crippen LogP contribution >= 0.6 is 0 Å². The number of nitrogens with zero attached hydrogens (tertiary/aromatic N) is 1. The molecule has 0 spiro atoms. The molecule has 0 atom stereocenters. The smallest absolute Gasteiger partial charge is 0.272 e. The van der Waals surface area contributed by atoms with Crippen molar-refractivity contribution in [1.82, 2.24) is 5.32 Å². The maximum atomic E-state index is 10.9. The van der Waals surface area contributed by atoms with Crippen LogP contribution in [0.15, 0.2) is 16.6 Å². The Balaban J connectivity index is 2.85. The van der Waals surface area contributed by atoms with Crippen LogP contribution in [-0.4, -0.2) is 18.2 Å². The number of carbonyl (C=O) groups excluding carboxylic acids is 2. The van der Waals surface area contributed by atoms with E-state index >= 15 is 0 Å². The van der Waals surface area contributed by atoms with Gasteiger partial charge in [-0.1, -0.05) is 13.0 Å². The molecule has 11 heavy (non-hydrogen) atoms. The van der Waals surface area contributed by atoms with E-state index in [-0.39, 0.29) is 5.91 Å². The largest absolute Gasteiger partial charge is 0.347 e. The number of urea groups is 1. The lowest BCUT2D eigenvalue weighted by Crippen LogP contribution is -2.33. The van der Waals surface area contributed by atoms with Crippen LogP contribution in [0.4, 0.5) is 4.79 Å². The topological polar surface area (TPSA) is 58.5 Å². The molecule has 0 aromatic heterocycles. The summed E-state index contributed by atoms with van der Waals surface area (Å²) < 4.78 is 0. The third kappa shape index (κ3) is 1.73. The molecule has 0 bridgehead atoms. The highest BCUT2D eigenvalue weighted by atomic mass is 16.2. The van der Waals surface area contributed by atoms with Gasteiger partial charge in [-0.2, -0.15) is 0 Å². The molecule has 0 radical (unpaired) electrons. The summed E-state index contributed by atoms with van der Waals surface area (Å²) in [5.41, 5.74) is 0.451. The third-order valence-electron chi connectivity index (χ3n) is 1.23. The van der Waals surface area contributed by atoms with Crippen LogP contribution in [0.3, 0.4) is 0 Å². The predicted molar refractivity (Wildman–Crippen MR) is 40.4 cm³/mol. The van der Waals surface area contributed by atoms with Crippen molar-refractivity contribution < 1.29 is 9.59 Å². The van der Waals surface area contributed by atoms with Crippen molar-refractivity contribution in [3.63, 3.8) is 0 Å². The number of imide groups is 1. The van der Waals surface area contributed by atoms with Crippen molar-refractivity contribution in [1.29, 1.82) is 0 Å². The summed E-state index contributed by atoms with van der Waals surface area (Å²) in [7, 11) is 0. The Morgan fingerprint density at radius 3 is 2.91 bits per heavy atom. The molecule has 1 rings (SSSR count). The Morgan fingerprint density at radius 2 is 2.36 bits per heavy atom. The quantitative estimate of drug-likeness (QED) is 0.560.